The third kappa shape index (κ3) is 11.2. The van der Waals surface area contributed by atoms with Gasteiger partial charge in [-0.15, -0.1) is 0 Å². The number of hydrogen-bond donors (Lipinski definition) is 2. The second-order valence-electron chi connectivity index (χ2n) is 28.4. The molecule has 13 heteroatoms. The van der Waals surface area contributed by atoms with E-state index in [4.69, 9.17) is 18.9 Å². The Balaban J connectivity index is 0.000000134. The first kappa shape index (κ1) is 57.0. The maximum atomic E-state index is 12.5. The molecule has 12 bridgehead atoms. The average molecular weight is 1040 g/mol. The molecular weight excluding hydrogens is 941 g/mol. The lowest BCUT2D eigenvalue weighted by Crippen LogP contribution is -2.61. The first-order chi connectivity index (χ1) is 34.6. The third-order valence-electron chi connectivity index (χ3n) is 22.2. The largest absolute Gasteiger partial charge is 0.481 e. The Hall–Kier alpha value is -3.22. The van der Waals surface area contributed by atoms with Gasteiger partial charge in [-0.3, -0.25) is 24.0 Å². The molecule has 0 aromatic heterocycles. The number of esters is 5. The molecule has 0 aromatic carbocycles. The lowest BCUT2D eigenvalue weighted by atomic mass is 9.50. The second kappa shape index (κ2) is 21.2. The van der Waals surface area contributed by atoms with Crippen LogP contribution in [0.2, 0.25) is 0 Å². The van der Waals surface area contributed by atoms with Gasteiger partial charge in [-0.05, 0) is 235 Å². The molecule has 13 rings (SSSR count). The summed E-state index contributed by atoms with van der Waals surface area (Å²) in [6, 6.07) is 0. The molecule has 12 aliphatic carbocycles. The molecule has 12 atom stereocenters. The quantitative estimate of drug-likeness (QED) is 0.101. The van der Waals surface area contributed by atoms with Gasteiger partial charge < -0.3 is 33.9 Å². The summed E-state index contributed by atoms with van der Waals surface area (Å²) in [5, 5.41) is 20.1. The van der Waals surface area contributed by atoms with Crippen molar-refractivity contribution in [3.05, 3.63) is 0 Å². The molecule has 13 fully saturated rings. The van der Waals surface area contributed by atoms with E-state index in [1.54, 1.807) is 6.92 Å². The van der Waals surface area contributed by atoms with Crippen LogP contribution < -0.4 is 0 Å². The zero-order valence-corrected chi connectivity index (χ0v) is 47.5. The predicted molar refractivity (Wildman–Crippen MR) is 278 cm³/mol. The van der Waals surface area contributed by atoms with Gasteiger partial charge in [0.05, 0.1) is 40.3 Å². The lowest BCUT2D eigenvalue weighted by Gasteiger charge is -2.59. The van der Waals surface area contributed by atoms with Gasteiger partial charge in [0.2, 0.25) is 6.10 Å². The molecule has 1 saturated heterocycles. The van der Waals surface area contributed by atoms with Crippen molar-refractivity contribution < 1.29 is 62.7 Å². The van der Waals surface area contributed by atoms with E-state index in [9.17, 15) is 39.0 Å². The van der Waals surface area contributed by atoms with Crippen LogP contribution in [0, 0.1) is 99.1 Å². The fraction of sp³-hybridized carbons (Fsp3) is 0.902. The number of carbonyl (C=O) groups excluding carboxylic acids is 5. The van der Waals surface area contributed by atoms with Gasteiger partial charge in [0.25, 0.3) is 0 Å². The summed E-state index contributed by atoms with van der Waals surface area (Å²) < 4.78 is 27.7. The van der Waals surface area contributed by atoms with E-state index in [0.717, 1.165) is 88.9 Å². The Morgan fingerprint density at radius 3 is 1.65 bits per heavy atom. The number of ether oxygens (including phenoxy) is 5. The fourth-order valence-corrected chi connectivity index (χ4v) is 16.9. The van der Waals surface area contributed by atoms with Crippen LogP contribution in [0.1, 0.15) is 212 Å². The van der Waals surface area contributed by atoms with Crippen LogP contribution in [0.15, 0.2) is 0 Å². The summed E-state index contributed by atoms with van der Waals surface area (Å²) >= 11 is 0. The Bertz CT molecular complexity index is 2060. The van der Waals surface area contributed by atoms with Crippen molar-refractivity contribution in [2.45, 2.75) is 241 Å². The molecule has 0 amide bonds. The number of cyclic esters (lactones) is 1. The zero-order chi connectivity index (χ0) is 54.1. The number of aliphatic carboxylic acids is 1. The lowest BCUT2D eigenvalue weighted by molar-refractivity contribution is -0.225. The fourth-order valence-electron chi connectivity index (χ4n) is 16.9. The third-order valence-corrected chi connectivity index (χ3v) is 22.2. The molecule has 0 spiro atoms. The van der Waals surface area contributed by atoms with Crippen molar-refractivity contribution in [2.75, 3.05) is 6.61 Å². The summed E-state index contributed by atoms with van der Waals surface area (Å²) in [7, 11) is 0. The minimum absolute atomic E-state index is 0.0185. The summed E-state index contributed by atoms with van der Waals surface area (Å²) in [5.74, 6) is 5.76. The number of carboxylic acids is 1. The number of hydrogen-bond acceptors (Lipinski definition) is 12. The molecule has 1 heterocycles. The first-order valence-corrected chi connectivity index (χ1v) is 29.6. The van der Waals surface area contributed by atoms with E-state index < -0.39 is 34.5 Å². The number of carboxylic acid groups (broad SMARTS) is 1. The van der Waals surface area contributed by atoms with Gasteiger partial charge in [-0.2, -0.15) is 0 Å². The smallest absolute Gasteiger partial charge is 0.347 e. The van der Waals surface area contributed by atoms with Gasteiger partial charge in [-0.1, -0.05) is 34.6 Å². The van der Waals surface area contributed by atoms with Crippen LogP contribution in [-0.4, -0.2) is 81.6 Å². The van der Waals surface area contributed by atoms with Crippen LogP contribution in [0.3, 0.4) is 0 Å². The molecule has 418 valence electrons. The van der Waals surface area contributed by atoms with Crippen molar-refractivity contribution in [1.82, 2.24) is 0 Å². The first-order valence-electron chi connectivity index (χ1n) is 29.6. The van der Waals surface area contributed by atoms with Crippen LogP contribution in [0.4, 0.5) is 0 Å². The van der Waals surface area contributed by atoms with Crippen molar-refractivity contribution >= 4 is 35.8 Å². The highest BCUT2D eigenvalue weighted by Crippen LogP contribution is 2.69. The van der Waals surface area contributed by atoms with E-state index in [2.05, 4.69) is 18.6 Å². The topological polar surface area (TPSA) is 189 Å². The Kier molecular flexibility index (Phi) is 16.3. The molecule has 12 saturated carbocycles. The number of fused-ring (bicyclic) bond motifs is 9. The molecule has 0 aromatic rings. The van der Waals surface area contributed by atoms with E-state index in [1.165, 1.54) is 38.5 Å². The molecule has 13 nitrogen and oxygen atoms in total. The standard InChI is InChI=1S/C19H28O4.C17H28O2.C16H26O3.C9H14O4/c1-4-19(2,3)18(22)23-14-8-10-7-13(14)16-9-5-11(15(10)16)12(6-9)17(20)21;1-5-16(2,3)15(18)19-17(4)13-7-11-6-12(9-13)10-14(17)8-11;1-4-14(2,3)13(17)19-16-8-11-5-12(9-16)7-15(18,6-11)10-16;1-3-6(2)8(10)13-7-4-5-12-9(7)11/h9-16H,4-8H2,1-3H3,(H,20,21);11-14H,5-10H2,1-4H3;11-12,18H,4-10H2,1-3H3;6-7H,3-5H2,1-2H3. The van der Waals surface area contributed by atoms with Gasteiger partial charge >= 0.3 is 35.8 Å². The summed E-state index contributed by atoms with van der Waals surface area (Å²) in [6.07, 6.45) is 19.4. The second-order valence-corrected chi connectivity index (χ2v) is 28.4. The predicted octanol–water partition coefficient (Wildman–Crippen LogP) is 11.5. The molecular formula is C61H96O13. The number of rotatable bonds is 13. The molecule has 13 aliphatic rings. The van der Waals surface area contributed by atoms with Gasteiger partial charge in [0, 0.05) is 12.8 Å². The van der Waals surface area contributed by atoms with Crippen molar-refractivity contribution in [3.8, 4) is 0 Å². The maximum absolute atomic E-state index is 12.5. The SMILES string of the molecule is CCC(C)(C)C(=O)OC1(C)C2CC3CC(C2)CC1C3.CCC(C)(C)C(=O)OC12CC3CC(CC(O)(C3)C1)C2.CCC(C)(C)C(=O)OC1CC2CC1C1C3CC(C(=O)O)C(C3)C21.CCC(C)C(=O)OC1CCOC1=O. The van der Waals surface area contributed by atoms with Crippen LogP contribution in [-0.2, 0) is 52.5 Å². The van der Waals surface area contributed by atoms with Gasteiger partial charge in [0.15, 0.2) is 0 Å². The molecule has 0 radical (unpaired) electrons. The van der Waals surface area contributed by atoms with Crippen molar-refractivity contribution in [2.24, 2.45) is 99.1 Å². The average Bonchev–Trinajstić information content (AvgIpc) is 4.18. The Morgan fingerprint density at radius 2 is 1.15 bits per heavy atom. The monoisotopic (exact) mass is 1040 g/mol. The van der Waals surface area contributed by atoms with E-state index >= 15 is 0 Å². The van der Waals surface area contributed by atoms with Crippen molar-refractivity contribution in [1.29, 1.82) is 0 Å². The highest BCUT2D eigenvalue weighted by molar-refractivity contribution is 5.81. The Morgan fingerprint density at radius 1 is 0.649 bits per heavy atom. The van der Waals surface area contributed by atoms with Gasteiger partial charge in [-0.25, -0.2) is 4.79 Å². The number of aliphatic hydroxyl groups is 1. The zero-order valence-electron chi connectivity index (χ0n) is 47.5. The molecule has 12 unspecified atom stereocenters. The maximum Gasteiger partial charge on any atom is 0.347 e. The molecule has 74 heavy (non-hydrogen) atoms. The van der Waals surface area contributed by atoms with Crippen LogP contribution in [0.25, 0.3) is 0 Å². The number of carbonyl (C=O) groups is 6. The summed E-state index contributed by atoms with van der Waals surface area (Å²) in [6.45, 7) is 24.2. The van der Waals surface area contributed by atoms with E-state index in [-0.39, 0.29) is 58.4 Å². The van der Waals surface area contributed by atoms with E-state index in [1.807, 2.05) is 62.3 Å². The highest BCUT2D eigenvalue weighted by atomic mass is 16.6. The minimum Gasteiger partial charge on any atom is -0.481 e. The van der Waals surface area contributed by atoms with E-state index in [0.29, 0.717) is 78.6 Å². The van der Waals surface area contributed by atoms with Crippen LogP contribution in [0.5, 0.6) is 0 Å². The van der Waals surface area contributed by atoms with Crippen LogP contribution >= 0.6 is 0 Å². The molecule has 1 aliphatic heterocycles. The summed E-state index contributed by atoms with van der Waals surface area (Å²) in [5.41, 5.74) is -2.23. The summed E-state index contributed by atoms with van der Waals surface area (Å²) in [4.78, 5) is 70.9. The normalized spacial score (nSPS) is 41.6. The van der Waals surface area contributed by atoms with Crippen molar-refractivity contribution in [3.63, 3.8) is 0 Å². The Labute approximate surface area is 443 Å². The van der Waals surface area contributed by atoms with Gasteiger partial charge in [0.1, 0.15) is 17.3 Å². The highest BCUT2D eigenvalue weighted by Gasteiger charge is 2.67. The molecule has 2 N–H and O–H groups in total. The minimum atomic E-state index is -0.665.